The quantitative estimate of drug-likeness (QED) is 0.808. The number of halogens is 1. The lowest BCUT2D eigenvalue weighted by molar-refractivity contribution is -0.115. The highest BCUT2D eigenvalue weighted by molar-refractivity contribution is 9.10. The van der Waals surface area contributed by atoms with Crippen LogP contribution >= 0.6 is 15.9 Å². The van der Waals surface area contributed by atoms with Crippen molar-refractivity contribution in [1.29, 1.82) is 0 Å². The Morgan fingerprint density at radius 1 is 1.33 bits per heavy atom. The van der Waals surface area contributed by atoms with Crippen molar-refractivity contribution in [2.45, 2.75) is 39.2 Å². The molecule has 0 aliphatic rings. The van der Waals surface area contributed by atoms with Gasteiger partial charge < -0.3 is 10.6 Å². The predicted molar refractivity (Wildman–Crippen MR) is 79.8 cm³/mol. The Balaban J connectivity index is 2.40. The first-order valence-corrected chi connectivity index (χ1v) is 7.24. The standard InChI is InChI=1S/C14H21BrN2O/c1-3-7-11(4-2)16-10-14(18)17-13-9-6-5-8-12(13)15/h5-6,8-9,11,16H,3-4,7,10H2,1-2H3,(H,17,18). The van der Waals surface area contributed by atoms with Gasteiger partial charge in [0.05, 0.1) is 12.2 Å². The Hall–Kier alpha value is -0.870. The van der Waals surface area contributed by atoms with Gasteiger partial charge in [-0.1, -0.05) is 32.4 Å². The highest BCUT2D eigenvalue weighted by Crippen LogP contribution is 2.20. The van der Waals surface area contributed by atoms with Gasteiger partial charge in [-0.3, -0.25) is 4.79 Å². The average Bonchev–Trinajstić information content (AvgIpc) is 2.37. The molecule has 0 bridgehead atoms. The van der Waals surface area contributed by atoms with Crippen LogP contribution in [0.15, 0.2) is 28.7 Å². The molecule has 0 saturated heterocycles. The third-order valence-corrected chi connectivity index (χ3v) is 3.52. The first-order valence-electron chi connectivity index (χ1n) is 6.45. The van der Waals surface area contributed by atoms with E-state index in [1.165, 1.54) is 0 Å². The molecule has 0 aliphatic carbocycles. The molecule has 2 N–H and O–H groups in total. The van der Waals surface area contributed by atoms with Gasteiger partial charge in [0, 0.05) is 10.5 Å². The fourth-order valence-corrected chi connectivity index (χ4v) is 2.18. The first-order chi connectivity index (χ1) is 8.67. The number of para-hydroxylation sites is 1. The summed E-state index contributed by atoms with van der Waals surface area (Å²) >= 11 is 3.41. The Labute approximate surface area is 117 Å². The maximum Gasteiger partial charge on any atom is 0.238 e. The monoisotopic (exact) mass is 312 g/mol. The SMILES string of the molecule is CCCC(CC)NCC(=O)Nc1ccccc1Br. The summed E-state index contributed by atoms with van der Waals surface area (Å²) in [6.07, 6.45) is 3.30. The fraction of sp³-hybridized carbons (Fsp3) is 0.500. The van der Waals surface area contributed by atoms with Gasteiger partial charge >= 0.3 is 0 Å². The minimum Gasteiger partial charge on any atom is -0.324 e. The van der Waals surface area contributed by atoms with Gasteiger partial charge in [0.2, 0.25) is 5.91 Å². The van der Waals surface area contributed by atoms with Gasteiger partial charge in [0.15, 0.2) is 0 Å². The van der Waals surface area contributed by atoms with Gasteiger partial charge in [-0.05, 0) is 40.9 Å². The van der Waals surface area contributed by atoms with E-state index in [0.717, 1.165) is 29.4 Å². The van der Waals surface area contributed by atoms with E-state index in [2.05, 4.69) is 40.4 Å². The molecule has 0 radical (unpaired) electrons. The number of nitrogens with one attached hydrogen (secondary N) is 2. The lowest BCUT2D eigenvalue weighted by Crippen LogP contribution is -2.35. The van der Waals surface area contributed by atoms with E-state index in [-0.39, 0.29) is 5.91 Å². The van der Waals surface area contributed by atoms with Crippen molar-refractivity contribution in [3.63, 3.8) is 0 Å². The second-order valence-electron chi connectivity index (χ2n) is 4.30. The second-order valence-corrected chi connectivity index (χ2v) is 5.16. The molecule has 0 spiro atoms. The summed E-state index contributed by atoms with van der Waals surface area (Å²) in [6, 6.07) is 8.05. The molecule has 18 heavy (non-hydrogen) atoms. The third kappa shape index (κ3) is 5.19. The Morgan fingerprint density at radius 2 is 2.06 bits per heavy atom. The molecule has 100 valence electrons. The highest BCUT2D eigenvalue weighted by atomic mass is 79.9. The van der Waals surface area contributed by atoms with Crippen LogP contribution in [0.5, 0.6) is 0 Å². The van der Waals surface area contributed by atoms with Crippen LogP contribution in [-0.4, -0.2) is 18.5 Å². The Morgan fingerprint density at radius 3 is 2.67 bits per heavy atom. The molecule has 1 atom stereocenters. The number of carbonyl (C=O) groups excluding carboxylic acids is 1. The zero-order valence-corrected chi connectivity index (χ0v) is 12.6. The predicted octanol–water partition coefficient (Wildman–Crippen LogP) is 3.56. The molecule has 1 aromatic carbocycles. The summed E-state index contributed by atoms with van der Waals surface area (Å²) < 4.78 is 0.902. The number of anilines is 1. The summed E-state index contributed by atoms with van der Waals surface area (Å²) in [6.45, 7) is 4.66. The average molecular weight is 313 g/mol. The van der Waals surface area contributed by atoms with Gasteiger partial charge in [-0.25, -0.2) is 0 Å². The van der Waals surface area contributed by atoms with E-state index in [1.807, 2.05) is 24.3 Å². The van der Waals surface area contributed by atoms with Crippen LogP contribution < -0.4 is 10.6 Å². The largest absolute Gasteiger partial charge is 0.324 e. The van der Waals surface area contributed by atoms with Crippen molar-refractivity contribution >= 4 is 27.5 Å². The number of benzene rings is 1. The number of hydrogen-bond donors (Lipinski definition) is 2. The fourth-order valence-electron chi connectivity index (χ4n) is 1.79. The van der Waals surface area contributed by atoms with E-state index in [0.29, 0.717) is 12.6 Å². The molecule has 1 unspecified atom stereocenters. The van der Waals surface area contributed by atoms with Crippen LogP contribution in [0.3, 0.4) is 0 Å². The molecule has 0 saturated carbocycles. The molecule has 0 aliphatic heterocycles. The van der Waals surface area contributed by atoms with Crippen LogP contribution in [0.25, 0.3) is 0 Å². The van der Waals surface area contributed by atoms with Crippen molar-refractivity contribution < 1.29 is 4.79 Å². The van der Waals surface area contributed by atoms with Crippen LogP contribution in [0.4, 0.5) is 5.69 Å². The lowest BCUT2D eigenvalue weighted by atomic mass is 10.1. The zero-order valence-electron chi connectivity index (χ0n) is 11.0. The van der Waals surface area contributed by atoms with Crippen molar-refractivity contribution in [3.8, 4) is 0 Å². The van der Waals surface area contributed by atoms with E-state index in [9.17, 15) is 4.79 Å². The summed E-state index contributed by atoms with van der Waals surface area (Å²) in [5, 5.41) is 6.17. The molecular formula is C14H21BrN2O. The van der Waals surface area contributed by atoms with Crippen molar-refractivity contribution in [1.82, 2.24) is 5.32 Å². The molecule has 1 aromatic rings. The molecule has 0 fully saturated rings. The van der Waals surface area contributed by atoms with Crippen LogP contribution in [0.2, 0.25) is 0 Å². The number of rotatable bonds is 7. The molecular weight excluding hydrogens is 292 g/mol. The topological polar surface area (TPSA) is 41.1 Å². The maximum atomic E-state index is 11.8. The lowest BCUT2D eigenvalue weighted by Gasteiger charge is -2.15. The maximum absolute atomic E-state index is 11.8. The molecule has 0 heterocycles. The molecule has 1 amide bonds. The number of hydrogen-bond acceptors (Lipinski definition) is 2. The molecule has 1 rings (SSSR count). The Kier molecular flexibility index (Phi) is 6.98. The van der Waals surface area contributed by atoms with Gasteiger partial charge in [0.25, 0.3) is 0 Å². The van der Waals surface area contributed by atoms with Crippen molar-refractivity contribution in [2.75, 3.05) is 11.9 Å². The van der Waals surface area contributed by atoms with Gasteiger partial charge in [0.1, 0.15) is 0 Å². The molecule has 0 aromatic heterocycles. The second kappa shape index (κ2) is 8.27. The number of carbonyl (C=O) groups is 1. The first kappa shape index (κ1) is 15.2. The molecule has 3 nitrogen and oxygen atoms in total. The van der Waals surface area contributed by atoms with Gasteiger partial charge in [-0.2, -0.15) is 0 Å². The third-order valence-electron chi connectivity index (χ3n) is 2.83. The minimum absolute atomic E-state index is 0.00328. The van der Waals surface area contributed by atoms with Crippen molar-refractivity contribution in [3.05, 3.63) is 28.7 Å². The van der Waals surface area contributed by atoms with E-state index in [4.69, 9.17) is 0 Å². The smallest absolute Gasteiger partial charge is 0.238 e. The number of amides is 1. The van der Waals surface area contributed by atoms with Crippen LogP contribution in [0, 0.1) is 0 Å². The summed E-state index contributed by atoms with van der Waals surface area (Å²) in [5.74, 6) is -0.00328. The minimum atomic E-state index is -0.00328. The van der Waals surface area contributed by atoms with Crippen molar-refractivity contribution in [2.24, 2.45) is 0 Å². The van der Waals surface area contributed by atoms with E-state index >= 15 is 0 Å². The highest BCUT2D eigenvalue weighted by Gasteiger charge is 2.08. The summed E-state index contributed by atoms with van der Waals surface area (Å²) in [5.41, 5.74) is 0.813. The van der Waals surface area contributed by atoms with Crippen LogP contribution in [-0.2, 0) is 4.79 Å². The molecule has 4 heteroatoms. The summed E-state index contributed by atoms with van der Waals surface area (Å²) in [7, 11) is 0. The van der Waals surface area contributed by atoms with Gasteiger partial charge in [-0.15, -0.1) is 0 Å². The normalized spacial score (nSPS) is 12.2. The van der Waals surface area contributed by atoms with E-state index < -0.39 is 0 Å². The van der Waals surface area contributed by atoms with Crippen LogP contribution in [0.1, 0.15) is 33.1 Å². The zero-order chi connectivity index (χ0) is 13.4. The Bertz CT molecular complexity index is 382. The summed E-state index contributed by atoms with van der Waals surface area (Å²) in [4.78, 5) is 11.8. The van der Waals surface area contributed by atoms with E-state index in [1.54, 1.807) is 0 Å².